The highest BCUT2D eigenvalue weighted by Gasteiger charge is 2.14. The Morgan fingerprint density at radius 2 is 1.72 bits per heavy atom. The van der Waals surface area contributed by atoms with Crippen LogP contribution in [0.1, 0.15) is 19.9 Å². The zero-order chi connectivity index (χ0) is 18.2. The number of aromatic nitrogens is 1. The van der Waals surface area contributed by atoms with E-state index < -0.39 is 10.0 Å². The molecule has 1 N–H and O–H groups in total. The van der Waals surface area contributed by atoms with Crippen molar-refractivity contribution in [3.8, 4) is 17.0 Å². The van der Waals surface area contributed by atoms with Crippen LogP contribution in [-0.2, 0) is 10.0 Å². The normalized spacial score (nSPS) is 11.9. The lowest BCUT2D eigenvalue weighted by atomic mass is 10.1. The molecular formula is C19H22N2O3S. The molecule has 0 aliphatic heterocycles. The number of ether oxygens (including phenoxy) is 1. The molecule has 0 fully saturated rings. The van der Waals surface area contributed by atoms with E-state index in [-0.39, 0.29) is 6.04 Å². The molecule has 3 rings (SSSR count). The lowest BCUT2D eigenvalue weighted by molar-refractivity contribution is 0.415. The van der Waals surface area contributed by atoms with Crippen LogP contribution >= 0.6 is 0 Å². The summed E-state index contributed by atoms with van der Waals surface area (Å²) in [4.78, 5) is 0. The Balaban J connectivity index is 2.10. The third-order valence-electron chi connectivity index (χ3n) is 4.05. The maximum absolute atomic E-state index is 11.3. The largest absolute Gasteiger partial charge is 0.497 e. The van der Waals surface area contributed by atoms with Gasteiger partial charge in [0, 0.05) is 28.9 Å². The minimum atomic E-state index is -3.27. The van der Waals surface area contributed by atoms with Crippen LogP contribution in [0, 0.1) is 0 Å². The topological polar surface area (TPSA) is 60.3 Å². The highest BCUT2D eigenvalue weighted by Crippen LogP contribution is 2.33. The summed E-state index contributed by atoms with van der Waals surface area (Å²) in [6.45, 7) is 4.28. The molecule has 3 aromatic rings. The van der Waals surface area contributed by atoms with E-state index in [0.717, 1.165) is 34.2 Å². The molecule has 25 heavy (non-hydrogen) atoms. The Kier molecular flexibility index (Phi) is 4.47. The number of nitrogens with zero attached hydrogens (tertiary/aromatic N) is 1. The second-order valence-corrected chi connectivity index (χ2v) is 8.12. The van der Waals surface area contributed by atoms with Gasteiger partial charge < -0.3 is 9.30 Å². The van der Waals surface area contributed by atoms with Crippen LogP contribution in [0.5, 0.6) is 5.75 Å². The molecule has 6 heteroatoms. The van der Waals surface area contributed by atoms with Gasteiger partial charge in [-0.1, -0.05) is 12.1 Å². The summed E-state index contributed by atoms with van der Waals surface area (Å²) in [6.07, 6.45) is 1.14. The second-order valence-electron chi connectivity index (χ2n) is 6.37. The molecule has 2 aromatic carbocycles. The number of methoxy groups -OCH3 is 1. The first-order valence-corrected chi connectivity index (χ1v) is 9.95. The molecule has 0 saturated heterocycles. The fourth-order valence-electron chi connectivity index (χ4n) is 3.03. The number of hydrogen-bond donors (Lipinski definition) is 1. The molecule has 0 atom stereocenters. The molecule has 0 bridgehead atoms. The van der Waals surface area contributed by atoms with E-state index >= 15 is 0 Å². The molecule has 1 heterocycles. The van der Waals surface area contributed by atoms with Crippen molar-refractivity contribution in [1.82, 2.24) is 4.57 Å². The molecule has 0 aliphatic carbocycles. The first-order valence-electron chi connectivity index (χ1n) is 8.05. The lowest BCUT2D eigenvalue weighted by Crippen LogP contribution is -2.09. The number of anilines is 1. The van der Waals surface area contributed by atoms with Crippen molar-refractivity contribution < 1.29 is 13.2 Å². The van der Waals surface area contributed by atoms with Gasteiger partial charge in [0.25, 0.3) is 0 Å². The Hall–Kier alpha value is -2.47. The van der Waals surface area contributed by atoms with E-state index in [1.807, 2.05) is 24.3 Å². The smallest absolute Gasteiger partial charge is 0.229 e. The highest BCUT2D eigenvalue weighted by molar-refractivity contribution is 7.92. The third-order valence-corrected chi connectivity index (χ3v) is 4.66. The fraction of sp³-hybridized carbons (Fsp3) is 0.263. The minimum absolute atomic E-state index is 0.272. The Labute approximate surface area is 148 Å². The first-order chi connectivity index (χ1) is 11.8. The van der Waals surface area contributed by atoms with Crippen molar-refractivity contribution in [3.05, 3.63) is 48.5 Å². The SMILES string of the molecule is COc1ccc2cc(-c3ccc(NS(C)(=O)=O)cc3)n(C(C)C)c2c1. The van der Waals surface area contributed by atoms with E-state index in [4.69, 9.17) is 4.74 Å². The zero-order valence-electron chi connectivity index (χ0n) is 14.8. The van der Waals surface area contributed by atoms with E-state index in [2.05, 4.69) is 35.3 Å². The van der Waals surface area contributed by atoms with Crippen LogP contribution in [0.3, 0.4) is 0 Å². The number of benzene rings is 2. The number of hydrogen-bond acceptors (Lipinski definition) is 3. The highest BCUT2D eigenvalue weighted by atomic mass is 32.2. The van der Waals surface area contributed by atoms with Crippen molar-refractivity contribution >= 4 is 26.6 Å². The van der Waals surface area contributed by atoms with E-state index in [9.17, 15) is 8.42 Å². The van der Waals surface area contributed by atoms with Crippen LogP contribution in [0.4, 0.5) is 5.69 Å². The predicted octanol–water partition coefficient (Wildman–Crippen LogP) is 4.27. The summed E-state index contributed by atoms with van der Waals surface area (Å²) in [5.74, 6) is 0.826. The first kappa shape index (κ1) is 17.4. The van der Waals surface area contributed by atoms with Gasteiger partial charge in [-0.2, -0.15) is 0 Å². The van der Waals surface area contributed by atoms with Crippen molar-refractivity contribution in [1.29, 1.82) is 0 Å². The van der Waals surface area contributed by atoms with Gasteiger partial charge in [0.15, 0.2) is 0 Å². The molecule has 0 amide bonds. The quantitative estimate of drug-likeness (QED) is 0.741. The molecule has 0 aliphatic rings. The number of fused-ring (bicyclic) bond motifs is 1. The molecule has 0 unspecified atom stereocenters. The Morgan fingerprint density at radius 3 is 2.28 bits per heavy atom. The second kappa shape index (κ2) is 6.44. The summed E-state index contributed by atoms with van der Waals surface area (Å²) >= 11 is 0. The van der Waals surface area contributed by atoms with Gasteiger partial charge in [-0.05, 0) is 49.7 Å². The lowest BCUT2D eigenvalue weighted by Gasteiger charge is -2.15. The Morgan fingerprint density at radius 1 is 1.04 bits per heavy atom. The standard InChI is InChI=1S/C19H22N2O3S/c1-13(2)21-18(11-15-7-10-17(24-3)12-19(15)21)14-5-8-16(9-6-14)20-25(4,22)23/h5-13,20H,1-4H3. The number of rotatable bonds is 5. The summed E-state index contributed by atoms with van der Waals surface area (Å²) in [7, 11) is -1.61. The minimum Gasteiger partial charge on any atom is -0.497 e. The van der Waals surface area contributed by atoms with Crippen molar-refractivity contribution in [3.63, 3.8) is 0 Å². The van der Waals surface area contributed by atoms with E-state index in [1.165, 1.54) is 0 Å². The fourth-order valence-corrected chi connectivity index (χ4v) is 3.59. The van der Waals surface area contributed by atoms with Crippen LogP contribution in [0.15, 0.2) is 48.5 Å². The van der Waals surface area contributed by atoms with Gasteiger partial charge >= 0.3 is 0 Å². The summed E-state index contributed by atoms with van der Waals surface area (Å²) in [6, 6.07) is 15.9. The summed E-state index contributed by atoms with van der Waals surface area (Å²) < 4.78 is 32.8. The molecule has 0 spiro atoms. The molecule has 5 nitrogen and oxygen atoms in total. The predicted molar refractivity (Wildman–Crippen MR) is 103 cm³/mol. The van der Waals surface area contributed by atoms with Crippen molar-refractivity contribution in [2.24, 2.45) is 0 Å². The van der Waals surface area contributed by atoms with Crippen molar-refractivity contribution in [2.75, 3.05) is 18.1 Å². The third kappa shape index (κ3) is 3.64. The van der Waals surface area contributed by atoms with Crippen molar-refractivity contribution in [2.45, 2.75) is 19.9 Å². The van der Waals surface area contributed by atoms with Gasteiger partial charge in [0.05, 0.1) is 18.9 Å². The number of nitrogens with one attached hydrogen (secondary N) is 1. The molecule has 0 saturated carbocycles. The van der Waals surface area contributed by atoms with Gasteiger partial charge in [0.2, 0.25) is 10.0 Å². The molecule has 1 aromatic heterocycles. The van der Waals surface area contributed by atoms with Crippen LogP contribution in [0.2, 0.25) is 0 Å². The monoisotopic (exact) mass is 358 g/mol. The van der Waals surface area contributed by atoms with Gasteiger partial charge in [-0.3, -0.25) is 4.72 Å². The summed E-state index contributed by atoms with van der Waals surface area (Å²) in [5, 5.41) is 1.14. The number of sulfonamides is 1. The van der Waals surface area contributed by atoms with Crippen LogP contribution in [-0.4, -0.2) is 26.4 Å². The van der Waals surface area contributed by atoms with Crippen LogP contribution in [0.25, 0.3) is 22.2 Å². The molecule has 132 valence electrons. The Bertz CT molecular complexity index is 1000. The zero-order valence-corrected chi connectivity index (χ0v) is 15.6. The molecule has 0 radical (unpaired) electrons. The maximum atomic E-state index is 11.3. The van der Waals surface area contributed by atoms with Gasteiger partial charge in [-0.25, -0.2) is 8.42 Å². The average Bonchev–Trinajstić information content (AvgIpc) is 2.92. The van der Waals surface area contributed by atoms with Crippen LogP contribution < -0.4 is 9.46 Å². The van der Waals surface area contributed by atoms with Gasteiger partial charge in [-0.15, -0.1) is 0 Å². The maximum Gasteiger partial charge on any atom is 0.229 e. The van der Waals surface area contributed by atoms with E-state index in [0.29, 0.717) is 5.69 Å². The van der Waals surface area contributed by atoms with E-state index in [1.54, 1.807) is 19.2 Å². The summed E-state index contributed by atoms with van der Waals surface area (Å²) in [5.41, 5.74) is 3.79. The average molecular weight is 358 g/mol. The molecular weight excluding hydrogens is 336 g/mol. The van der Waals surface area contributed by atoms with Gasteiger partial charge in [0.1, 0.15) is 5.75 Å².